The largest absolute Gasteiger partial charge is 0.351 e. The van der Waals surface area contributed by atoms with Crippen LogP contribution in [0.1, 0.15) is 29.9 Å². The van der Waals surface area contributed by atoms with Crippen LogP contribution in [0.2, 0.25) is 0 Å². The third-order valence-corrected chi connectivity index (χ3v) is 2.73. The number of amides is 1. The molecule has 17 heavy (non-hydrogen) atoms. The van der Waals surface area contributed by atoms with Gasteiger partial charge in [-0.15, -0.1) is 0 Å². The summed E-state index contributed by atoms with van der Waals surface area (Å²) >= 11 is 0. The molecular weight excluding hydrogens is 212 g/mol. The molecule has 0 aliphatic carbocycles. The van der Waals surface area contributed by atoms with Crippen molar-refractivity contribution in [2.75, 3.05) is 6.54 Å². The highest BCUT2D eigenvalue weighted by Crippen LogP contribution is 2.15. The average molecular weight is 228 g/mol. The van der Waals surface area contributed by atoms with Crippen LogP contribution in [0.3, 0.4) is 0 Å². The van der Waals surface area contributed by atoms with E-state index in [1.807, 2.05) is 19.1 Å². The average Bonchev–Trinajstić information content (AvgIpc) is 2.37. The topological polar surface area (TPSA) is 42.0 Å². The molecule has 1 amide bonds. The molecule has 88 valence electrons. The van der Waals surface area contributed by atoms with Crippen molar-refractivity contribution in [3.05, 3.63) is 41.6 Å². The molecule has 3 heteroatoms. The van der Waals surface area contributed by atoms with Crippen molar-refractivity contribution in [1.82, 2.24) is 10.3 Å². The number of nitrogens with one attached hydrogen (secondary N) is 1. The van der Waals surface area contributed by atoms with Gasteiger partial charge in [0.2, 0.25) is 0 Å². The third-order valence-electron chi connectivity index (χ3n) is 2.73. The summed E-state index contributed by atoms with van der Waals surface area (Å²) in [6.07, 6.45) is 1.01. The molecule has 2 rings (SSSR count). The van der Waals surface area contributed by atoms with Gasteiger partial charge in [-0.2, -0.15) is 0 Å². The van der Waals surface area contributed by atoms with E-state index in [-0.39, 0.29) is 5.91 Å². The highest BCUT2D eigenvalue weighted by molar-refractivity contribution is 5.94. The third kappa shape index (κ3) is 2.44. The maximum Gasteiger partial charge on any atom is 0.269 e. The molecule has 3 nitrogen and oxygen atoms in total. The molecule has 2 aromatic rings. The first-order chi connectivity index (χ1) is 8.24. The number of carbonyl (C=O) groups excluding carboxylic acids is 1. The second-order valence-corrected chi connectivity index (χ2v) is 3.94. The Morgan fingerprint density at radius 2 is 2.06 bits per heavy atom. The van der Waals surface area contributed by atoms with Crippen LogP contribution in [0.4, 0.5) is 0 Å². The SMILES string of the molecule is CCNC(=O)c1ccc2cc(CC)ccc2n1. The number of nitrogens with zero attached hydrogens (tertiary/aromatic N) is 1. The smallest absolute Gasteiger partial charge is 0.269 e. The fourth-order valence-corrected chi connectivity index (χ4v) is 1.77. The first-order valence-electron chi connectivity index (χ1n) is 5.92. The van der Waals surface area contributed by atoms with Gasteiger partial charge in [0.25, 0.3) is 5.91 Å². The van der Waals surface area contributed by atoms with E-state index in [4.69, 9.17) is 0 Å². The Bertz CT molecular complexity index is 549. The summed E-state index contributed by atoms with van der Waals surface area (Å²) in [5.74, 6) is -0.117. The predicted octanol–water partition coefficient (Wildman–Crippen LogP) is 2.55. The van der Waals surface area contributed by atoms with Gasteiger partial charge in [0, 0.05) is 11.9 Å². The Labute approximate surface area is 101 Å². The van der Waals surface area contributed by atoms with Crippen LogP contribution in [0.25, 0.3) is 10.9 Å². The molecule has 0 saturated carbocycles. The van der Waals surface area contributed by atoms with Gasteiger partial charge in [0.15, 0.2) is 0 Å². The number of hydrogen-bond acceptors (Lipinski definition) is 2. The molecule has 0 fully saturated rings. The summed E-state index contributed by atoms with van der Waals surface area (Å²) < 4.78 is 0. The van der Waals surface area contributed by atoms with Crippen LogP contribution >= 0.6 is 0 Å². The molecule has 0 unspecified atom stereocenters. The minimum Gasteiger partial charge on any atom is -0.351 e. The Hall–Kier alpha value is -1.90. The van der Waals surface area contributed by atoms with Gasteiger partial charge < -0.3 is 5.32 Å². The predicted molar refractivity (Wildman–Crippen MR) is 69.1 cm³/mol. The highest BCUT2D eigenvalue weighted by Gasteiger charge is 2.06. The quantitative estimate of drug-likeness (QED) is 0.877. The van der Waals surface area contributed by atoms with E-state index in [9.17, 15) is 4.79 Å². The van der Waals surface area contributed by atoms with Gasteiger partial charge in [-0.05, 0) is 37.1 Å². The Balaban J connectivity index is 2.41. The first-order valence-corrected chi connectivity index (χ1v) is 5.92. The van der Waals surface area contributed by atoms with Gasteiger partial charge in [0.05, 0.1) is 5.52 Å². The number of aryl methyl sites for hydroxylation is 1. The monoisotopic (exact) mass is 228 g/mol. The second-order valence-electron chi connectivity index (χ2n) is 3.94. The number of fused-ring (bicyclic) bond motifs is 1. The van der Waals surface area contributed by atoms with Crippen molar-refractivity contribution in [2.24, 2.45) is 0 Å². The van der Waals surface area contributed by atoms with E-state index in [1.165, 1.54) is 5.56 Å². The number of pyridine rings is 1. The van der Waals surface area contributed by atoms with Crippen LogP contribution < -0.4 is 5.32 Å². The molecule has 1 aromatic carbocycles. The zero-order valence-corrected chi connectivity index (χ0v) is 10.2. The molecular formula is C14H16N2O. The van der Waals surface area contributed by atoms with Gasteiger partial charge in [0.1, 0.15) is 5.69 Å². The normalized spacial score (nSPS) is 10.5. The maximum atomic E-state index is 11.6. The molecule has 0 radical (unpaired) electrons. The highest BCUT2D eigenvalue weighted by atomic mass is 16.1. The van der Waals surface area contributed by atoms with E-state index in [0.29, 0.717) is 12.2 Å². The van der Waals surface area contributed by atoms with Gasteiger partial charge in [-0.3, -0.25) is 4.79 Å². The molecule has 0 saturated heterocycles. The number of hydrogen-bond donors (Lipinski definition) is 1. The van der Waals surface area contributed by atoms with E-state index in [2.05, 4.69) is 29.4 Å². The van der Waals surface area contributed by atoms with Crippen molar-refractivity contribution >= 4 is 16.8 Å². The standard InChI is InChI=1S/C14H16N2O/c1-3-10-5-7-12-11(9-10)6-8-13(16-12)14(17)15-4-2/h5-9H,3-4H2,1-2H3,(H,15,17). The fraction of sp³-hybridized carbons (Fsp3) is 0.286. The Morgan fingerprint density at radius 3 is 2.76 bits per heavy atom. The van der Waals surface area contributed by atoms with Gasteiger partial charge in [-0.25, -0.2) is 4.98 Å². The van der Waals surface area contributed by atoms with Crippen LogP contribution in [-0.4, -0.2) is 17.4 Å². The fourth-order valence-electron chi connectivity index (χ4n) is 1.77. The maximum absolute atomic E-state index is 11.6. The minimum atomic E-state index is -0.117. The number of carbonyl (C=O) groups is 1. The second kappa shape index (κ2) is 4.95. The van der Waals surface area contributed by atoms with E-state index < -0.39 is 0 Å². The number of benzene rings is 1. The molecule has 0 atom stereocenters. The van der Waals surface area contributed by atoms with Crippen LogP contribution in [-0.2, 0) is 6.42 Å². The molecule has 0 aliphatic heterocycles. The van der Waals surface area contributed by atoms with E-state index in [1.54, 1.807) is 6.07 Å². The minimum absolute atomic E-state index is 0.117. The number of aromatic nitrogens is 1. The first kappa shape index (κ1) is 11.6. The molecule has 1 N–H and O–H groups in total. The molecule has 1 aromatic heterocycles. The van der Waals surface area contributed by atoms with Gasteiger partial charge >= 0.3 is 0 Å². The summed E-state index contributed by atoms with van der Waals surface area (Å²) in [7, 11) is 0. The zero-order valence-electron chi connectivity index (χ0n) is 10.2. The van der Waals surface area contributed by atoms with E-state index in [0.717, 1.165) is 17.3 Å². The van der Waals surface area contributed by atoms with Crippen molar-refractivity contribution in [1.29, 1.82) is 0 Å². The molecule has 0 bridgehead atoms. The lowest BCUT2D eigenvalue weighted by atomic mass is 10.1. The van der Waals surface area contributed by atoms with Crippen molar-refractivity contribution < 1.29 is 4.79 Å². The van der Waals surface area contributed by atoms with Crippen molar-refractivity contribution in [2.45, 2.75) is 20.3 Å². The zero-order chi connectivity index (χ0) is 12.3. The van der Waals surface area contributed by atoms with Crippen LogP contribution in [0.15, 0.2) is 30.3 Å². The summed E-state index contributed by atoms with van der Waals surface area (Å²) in [5.41, 5.74) is 2.62. The lowest BCUT2D eigenvalue weighted by Crippen LogP contribution is -2.23. The Morgan fingerprint density at radius 1 is 1.24 bits per heavy atom. The summed E-state index contributed by atoms with van der Waals surface area (Å²) in [6, 6.07) is 9.86. The summed E-state index contributed by atoms with van der Waals surface area (Å²) in [5, 5.41) is 3.83. The number of rotatable bonds is 3. The molecule has 1 heterocycles. The van der Waals surface area contributed by atoms with Gasteiger partial charge in [-0.1, -0.05) is 19.1 Å². The lowest BCUT2D eigenvalue weighted by Gasteiger charge is -2.04. The lowest BCUT2D eigenvalue weighted by molar-refractivity contribution is 0.0951. The van der Waals surface area contributed by atoms with Crippen LogP contribution in [0, 0.1) is 0 Å². The van der Waals surface area contributed by atoms with Crippen molar-refractivity contribution in [3.8, 4) is 0 Å². The molecule has 0 spiro atoms. The van der Waals surface area contributed by atoms with Crippen LogP contribution in [0.5, 0.6) is 0 Å². The van der Waals surface area contributed by atoms with E-state index >= 15 is 0 Å². The summed E-state index contributed by atoms with van der Waals surface area (Å²) in [6.45, 7) is 4.64. The Kier molecular flexibility index (Phi) is 3.38. The molecule has 0 aliphatic rings. The van der Waals surface area contributed by atoms with Crippen molar-refractivity contribution in [3.63, 3.8) is 0 Å². The summed E-state index contributed by atoms with van der Waals surface area (Å²) in [4.78, 5) is 16.0.